The molecule has 0 unspecified atom stereocenters. The van der Waals surface area contributed by atoms with E-state index in [4.69, 9.17) is 0 Å². The highest BCUT2D eigenvalue weighted by atomic mass is 19.1. The van der Waals surface area contributed by atoms with Crippen LogP contribution >= 0.6 is 0 Å². The minimum absolute atomic E-state index is 0.151. The molecule has 3 aliphatic rings. The number of carboxylic acids is 1. The van der Waals surface area contributed by atoms with Crippen LogP contribution in [0.25, 0.3) is 10.9 Å². The van der Waals surface area contributed by atoms with E-state index in [1.54, 1.807) is 6.07 Å². The molecule has 2 aliphatic heterocycles. The summed E-state index contributed by atoms with van der Waals surface area (Å²) in [6.45, 7) is 2.57. The Morgan fingerprint density at radius 1 is 1.22 bits per heavy atom. The van der Waals surface area contributed by atoms with Crippen LogP contribution in [0.15, 0.2) is 23.1 Å². The molecular weight excluding hydrogens is 349 g/mol. The maximum Gasteiger partial charge on any atom is 0.341 e. The standard InChI is InChI=1S/C20H22FN3O3/c21-15-6-13-17(24(12-3-4-12)9-14(19(13)25)20(26)27)7-18(15)23-8-11-2-1-5-22-16(11)10-23/h6-7,9,11-12,16,22H,1-5,8,10H2,(H,26,27)/t11-,16+/m0/s1. The first-order valence-electron chi connectivity index (χ1n) is 9.63. The van der Waals surface area contributed by atoms with Crippen LogP contribution in [0.2, 0.25) is 0 Å². The van der Waals surface area contributed by atoms with E-state index in [2.05, 4.69) is 10.2 Å². The zero-order valence-corrected chi connectivity index (χ0v) is 14.9. The van der Waals surface area contributed by atoms with Crippen molar-refractivity contribution in [3.63, 3.8) is 0 Å². The first-order chi connectivity index (χ1) is 13.0. The predicted molar refractivity (Wildman–Crippen MR) is 100 cm³/mol. The number of benzene rings is 1. The zero-order valence-electron chi connectivity index (χ0n) is 14.9. The van der Waals surface area contributed by atoms with Crippen LogP contribution in [0.1, 0.15) is 42.1 Å². The number of hydrogen-bond donors (Lipinski definition) is 2. The molecule has 1 aromatic heterocycles. The van der Waals surface area contributed by atoms with E-state index in [0.29, 0.717) is 23.2 Å². The average molecular weight is 371 g/mol. The fraction of sp³-hybridized carbons (Fsp3) is 0.500. The van der Waals surface area contributed by atoms with Gasteiger partial charge in [0.2, 0.25) is 5.43 Å². The van der Waals surface area contributed by atoms with Crippen molar-refractivity contribution < 1.29 is 14.3 Å². The number of fused-ring (bicyclic) bond motifs is 2. The Morgan fingerprint density at radius 2 is 2.04 bits per heavy atom. The van der Waals surface area contributed by atoms with Gasteiger partial charge < -0.3 is 19.9 Å². The van der Waals surface area contributed by atoms with Gasteiger partial charge in [-0.1, -0.05) is 0 Å². The monoisotopic (exact) mass is 371 g/mol. The van der Waals surface area contributed by atoms with Crippen molar-refractivity contribution in [3.05, 3.63) is 39.9 Å². The molecule has 2 atom stereocenters. The summed E-state index contributed by atoms with van der Waals surface area (Å²) in [6.07, 6.45) is 5.62. The van der Waals surface area contributed by atoms with Gasteiger partial charge in [0.25, 0.3) is 0 Å². The van der Waals surface area contributed by atoms with Gasteiger partial charge in [0.1, 0.15) is 11.4 Å². The molecule has 5 rings (SSSR count). The van der Waals surface area contributed by atoms with Gasteiger partial charge >= 0.3 is 5.97 Å². The van der Waals surface area contributed by atoms with E-state index in [9.17, 15) is 19.1 Å². The van der Waals surface area contributed by atoms with Crippen LogP contribution in [0.3, 0.4) is 0 Å². The number of halogens is 1. The molecule has 3 fully saturated rings. The molecule has 0 amide bonds. The topological polar surface area (TPSA) is 74.6 Å². The largest absolute Gasteiger partial charge is 0.477 e. The molecule has 2 N–H and O–H groups in total. The number of pyridine rings is 1. The third-order valence-electron chi connectivity index (χ3n) is 6.21. The van der Waals surface area contributed by atoms with Crippen LogP contribution in [-0.4, -0.2) is 41.3 Å². The van der Waals surface area contributed by atoms with Gasteiger partial charge in [0, 0.05) is 36.8 Å². The number of rotatable bonds is 3. The second-order valence-electron chi connectivity index (χ2n) is 8.00. The lowest BCUT2D eigenvalue weighted by Crippen LogP contribution is -2.40. The number of nitrogens with one attached hydrogen (secondary N) is 1. The van der Waals surface area contributed by atoms with E-state index in [1.807, 2.05) is 4.57 Å². The minimum atomic E-state index is -1.27. The summed E-state index contributed by atoms with van der Waals surface area (Å²) in [5.74, 6) is -1.20. The summed E-state index contributed by atoms with van der Waals surface area (Å²) in [7, 11) is 0. The number of piperidine rings is 1. The highest BCUT2D eigenvalue weighted by Crippen LogP contribution is 2.39. The van der Waals surface area contributed by atoms with Gasteiger partial charge in [-0.15, -0.1) is 0 Å². The minimum Gasteiger partial charge on any atom is -0.477 e. The SMILES string of the molecule is O=C(O)c1cn(C2CC2)c2cc(N3C[C@@H]4CCCN[C@@H]4C3)c(F)cc2c1=O. The molecule has 3 heterocycles. The van der Waals surface area contributed by atoms with E-state index in [1.165, 1.54) is 12.3 Å². The summed E-state index contributed by atoms with van der Waals surface area (Å²) < 4.78 is 16.8. The van der Waals surface area contributed by atoms with Crippen molar-refractivity contribution in [1.29, 1.82) is 0 Å². The maximum absolute atomic E-state index is 15.0. The number of anilines is 1. The Balaban J connectivity index is 1.64. The highest BCUT2D eigenvalue weighted by molar-refractivity contribution is 5.93. The van der Waals surface area contributed by atoms with Crippen LogP contribution in [0.4, 0.5) is 10.1 Å². The average Bonchev–Trinajstić information content (AvgIpc) is 3.39. The van der Waals surface area contributed by atoms with Crippen LogP contribution in [-0.2, 0) is 0 Å². The van der Waals surface area contributed by atoms with Crippen molar-refractivity contribution in [2.75, 3.05) is 24.5 Å². The zero-order chi connectivity index (χ0) is 18.7. The fourth-order valence-electron chi connectivity index (χ4n) is 4.65. The Labute approximate surface area is 155 Å². The van der Waals surface area contributed by atoms with E-state index >= 15 is 0 Å². The number of carboxylic acid groups (broad SMARTS) is 1. The van der Waals surface area contributed by atoms with Gasteiger partial charge in [-0.2, -0.15) is 0 Å². The lowest BCUT2D eigenvalue weighted by molar-refractivity contribution is 0.0695. The lowest BCUT2D eigenvalue weighted by atomic mass is 9.94. The molecule has 142 valence electrons. The van der Waals surface area contributed by atoms with Gasteiger partial charge in [-0.3, -0.25) is 4.79 Å². The van der Waals surface area contributed by atoms with Crippen molar-refractivity contribution in [1.82, 2.24) is 9.88 Å². The Morgan fingerprint density at radius 3 is 2.74 bits per heavy atom. The van der Waals surface area contributed by atoms with E-state index in [0.717, 1.165) is 45.3 Å². The van der Waals surface area contributed by atoms with Gasteiger partial charge in [0.05, 0.1) is 11.2 Å². The summed E-state index contributed by atoms with van der Waals surface area (Å²) in [5, 5.41) is 13.0. The lowest BCUT2D eigenvalue weighted by Gasteiger charge is -2.24. The van der Waals surface area contributed by atoms with Crippen molar-refractivity contribution in [2.45, 2.75) is 37.8 Å². The molecule has 1 aromatic carbocycles. The van der Waals surface area contributed by atoms with E-state index < -0.39 is 17.2 Å². The molecule has 2 aromatic rings. The molecule has 1 aliphatic carbocycles. The molecule has 0 spiro atoms. The smallest absolute Gasteiger partial charge is 0.341 e. The number of aromatic carboxylic acids is 1. The summed E-state index contributed by atoms with van der Waals surface area (Å²) in [5.41, 5.74) is 0.233. The second kappa shape index (κ2) is 6.05. The molecule has 0 bridgehead atoms. The molecule has 0 radical (unpaired) electrons. The van der Waals surface area contributed by atoms with Crippen LogP contribution in [0.5, 0.6) is 0 Å². The van der Waals surface area contributed by atoms with Gasteiger partial charge in [-0.25, -0.2) is 9.18 Å². The molecule has 7 heteroatoms. The summed E-state index contributed by atoms with van der Waals surface area (Å²) >= 11 is 0. The summed E-state index contributed by atoms with van der Waals surface area (Å²) in [4.78, 5) is 26.1. The predicted octanol–water partition coefficient (Wildman–Crippen LogP) is 2.36. The van der Waals surface area contributed by atoms with Crippen LogP contribution < -0.4 is 15.6 Å². The number of nitrogens with zero attached hydrogens (tertiary/aromatic N) is 2. The maximum atomic E-state index is 15.0. The van der Waals surface area contributed by atoms with Gasteiger partial charge in [0.15, 0.2) is 0 Å². The molecule has 6 nitrogen and oxygen atoms in total. The quantitative estimate of drug-likeness (QED) is 0.866. The third-order valence-corrected chi connectivity index (χ3v) is 6.21. The Bertz CT molecular complexity index is 984. The first-order valence-corrected chi connectivity index (χ1v) is 9.63. The van der Waals surface area contributed by atoms with Gasteiger partial charge in [-0.05, 0) is 50.3 Å². The van der Waals surface area contributed by atoms with E-state index in [-0.39, 0.29) is 17.0 Å². The fourth-order valence-corrected chi connectivity index (χ4v) is 4.65. The Kier molecular flexibility index (Phi) is 3.75. The second-order valence-corrected chi connectivity index (χ2v) is 8.00. The third kappa shape index (κ3) is 2.72. The number of hydrogen-bond acceptors (Lipinski definition) is 4. The number of carbonyl (C=O) groups is 1. The van der Waals surface area contributed by atoms with Crippen molar-refractivity contribution >= 4 is 22.6 Å². The highest BCUT2D eigenvalue weighted by Gasteiger charge is 2.36. The molecule has 27 heavy (non-hydrogen) atoms. The molecular formula is C20H22FN3O3. The number of aromatic nitrogens is 1. The van der Waals surface area contributed by atoms with Crippen LogP contribution in [0, 0.1) is 11.7 Å². The van der Waals surface area contributed by atoms with Crippen molar-refractivity contribution in [2.24, 2.45) is 5.92 Å². The molecule has 1 saturated carbocycles. The summed E-state index contributed by atoms with van der Waals surface area (Å²) in [6, 6.07) is 3.54. The Hall–Kier alpha value is -2.41. The first kappa shape index (κ1) is 16.7. The normalized spacial score (nSPS) is 25.0. The van der Waals surface area contributed by atoms with Crippen molar-refractivity contribution in [3.8, 4) is 0 Å². The molecule has 2 saturated heterocycles.